The van der Waals surface area contributed by atoms with Gasteiger partial charge in [-0.1, -0.05) is 12.1 Å². The van der Waals surface area contributed by atoms with Crippen LogP contribution in [0.2, 0.25) is 0 Å². The fourth-order valence-corrected chi connectivity index (χ4v) is 1.79. The average molecular weight is 324 g/mol. The fraction of sp³-hybridized carbons (Fsp3) is 0.143. The molecule has 13 heavy (non-hydrogen) atoms. The van der Waals surface area contributed by atoms with E-state index in [-0.39, 0.29) is 25.9 Å². The van der Waals surface area contributed by atoms with Crippen LogP contribution in [0.15, 0.2) is 24.3 Å². The van der Waals surface area contributed by atoms with Gasteiger partial charge in [-0.3, -0.25) is 0 Å². The average Bonchev–Trinajstić information content (AvgIpc) is 1.91. The molecule has 0 heterocycles. The molecule has 0 aliphatic heterocycles. The second-order valence-corrected chi connectivity index (χ2v) is 4.95. The molecule has 3 nitrogen and oxygen atoms in total. The summed E-state index contributed by atoms with van der Waals surface area (Å²) in [6.07, 6.45) is 1.02. The third-order valence-electron chi connectivity index (χ3n) is 1.08. The number of hydrogen-bond donors (Lipinski definition) is 0. The summed E-state index contributed by atoms with van der Waals surface area (Å²) in [4.78, 5) is 0. The Balaban J connectivity index is -0.000000480. The van der Waals surface area contributed by atoms with E-state index in [1.807, 2.05) is 28.7 Å². The zero-order chi connectivity index (χ0) is 9.19. The molecule has 1 rings (SSSR count). The Kier molecular flexibility index (Phi) is 5.57. The minimum atomic E-state index is -3.40. The minimum Gasteiger partial charge on any atom is -1.00 e. The molecule has 1 aromatic carbocycles. The number of para-hydroxylation sites is 1. The van der Waals surface area contributed by atoms with Gasteiger partial charge in [0.05, 0.1) is 9.83 Å². The van der Waals surface area contributed by atoms with Gasteiger partial charge in [0.2, 0.25) is 0 Å². The predicted molar refractivity (Wildman–Crippen MR) is 62.6 cm³/mol. The molecule has 1 aromatic rings. The normalized spacial score (nSPS) is 10.3. The van der Waals surface area contributed by atoms with Crippen molar-refractivity contribution in [3.05, 3.63) is 27.8 Å². The largest absolute Gasteiger partial charge is 2.00 e. The smallest absolute Gasteiger partial charge is 1.00 e. The van der Waals surface area contributed by atoms with E-state index in [1.54, 1.807) is 18.2 Å². The Bertz CT molecular complexity index is 386. The second-order valence-electron chi connectivity index (χ2n) is 2.22. The monoisotopic (exact) mass is 324 g/mol. The van der Waals surface area contributed by atoms with Crippen molar-refractivity contribution in [2.24, 2.45) is 0 Å². The molecular weight excluding hydrogens is 315 g/mol. The van der Waals surface area contributed by atoms with Crippen molar-refractivity contribution < 1.29 is 15.5 Å². The molecule has 0 unspecified atom stereocenters. The van der Waals surface area contributed by atoms with Crippen molar-refractivity contribution in [2.75, 3.05) is 6.26 Å². The van der Waals surface area contributed by atoms with E-state index in [2.05, 4.69) is 0 Å². The first-order valence-corrected chi connectivity index (χ1v) is 6.02. The van der Waals surface area contributed by atoms with Gasteiger partial charge in [0.25, 0.3) is 0 Å². The molecule has 0 spiro atoms. The maximum Gasteiger partial charge on any atom is 2.00 e. The van der Waals surface area contributed by atoms with Gasteiger partial charge < -0.3 is 7.04 Å². The first-order chi connectivity index (χ1) is 5.49. The maximum absolute atomic E-state index is 10.7. The van der Waals surface area contributed by atoms with Gasteiger partial charge in [0.1, 0.15) is 0 Å². The fourth-order valence-electron chi connectivity index (χ4n) is 0.675. The molecule has 0 amide bonds. The van der Waals surface area contributed by atoms with Crippen molar-refractivity contribution in [1.82, 2.24) is 0 Å². The molecule has 0 aromatic heterocycles. The number of benzene rings is 1. The summed E-state index contributed by atoms with van der Waals surface area (Å²) in [5.74, 6) is 0.376. The molecule has 6 heteroatoms. The van der Waals surface area contributed by atoms with E-state index in [1.165, 1.54) is 0 Å². The van der Waals surface area contributed by atoms with Crippen molar-refractivity contribution in [3.8, 4) is 5.75 Å². The topological polar surface area (TPSA) is 43.4 Å². The van der Waals surface area contributed by atoms with Crippen LogP contribution in [0.1, 0.15) is 2.85 Å². The number of rotatable bonds is 2. The number of halogens is 1. The minimum absolute atomic E-state index is 0. The Morgan fingerprint density at radius 3 is 2.38 bits per heavy atom. The molecular formula is C7H9IMgO3S. The molecule has 70 valence electrons. The van der Waals surface area contributed by atoms with Crippen molar-refractivity contribution in [1.29, 1.82) is 0 Å². The zero-order valence-corrected chi connectivity index (χ0v) is 11.4. The summed E-state index contributed by atoms with van der Waals surface area (Å²) in [5, 5.41) is 0. The van der Waals surface area contributed by atoms with Gasteiger partial charge >= 0.3 is 33.2 Å². The van der Waals surface area contributed by atoms with Crippen molar-refractivity contribution >= 4 is 55.8 Å². The summed E-state index contributed by atoms with van der Waals surface area (Å²) in [7, 11) is -3.40. The molecule has 0 N–H and O–H groups in total. The van der Waals surface area contributed by atoms with Crippen molar-refractivity contribution in [3.63, 3.8) is 0 Å². The Labute approximate surface area is 110 Å². The molecule has 0 aliphatic rings. The molecule has 0 radical (unpaired) electrons. The van der Waals surface area contributed by atoms with Crippen LogP contribution in [0, 0.1) is 3.57 Å². The van der Waals surface area contributed by atoms with Gasteiger partial charge in [0, 0.05) is 0 Å². The zero-order valence-electron chi connectivity index (χ0n) is 9.03. The van der Waals surface area contributed by atoms with E-state index < -0.39 is 10.1 Å². The Morgan fingerprint density at radius 2 is 1.92 bits per heavy atom. The van der Waals surface area contributed by atoms with Crippen LogP contribution in [0.4, 0.5) is 0 Å². The van der Waals surface area contributed by atoms with Crippen LogP contribution in [0.3, 0.4) is 0 Å². The van der Waals surface area contributed by atoms with Crippen LogP contribution in [-0.4, -0.2) is 37.7 Å². The summed E-state index contributed by atoms with van der Waals surface area (Å²) < 4.78 is 26.9. The van der Waals surface area contributed by atoms with Gasteiger partial charge in [-0.15, -0.1) is 0 Å². The molecule has 0 saturated heterocycles. The van der Waals surface area contributed by atoms with E-state index in [4.69, 9.17) is 4.18 Å². The van der Waals surface area contributed by atoms with Gasteiger partial charge in [-0.2, -0.15) is 8.42 Å². The maximum atomic E-state index is 10.7. The molecule has 0 bridgehead atoms. The Hall–Kier alpha value is 0.466. The predicted octanol–water partition coefficient (Wildman–Crippen LogP) is 1.47. The summed E-state index contributed by atoms with van der Waals surface area (Å²) in [6.45, 7) is 0. The van der Waals surface area contributed by atoms with E-state index in [0.29, 0.717) is 5.75 Å². The van der Waals surface area contributed by atoms with E-state index in [0.717, 1.165) is 9.83 Å². The quantitative estimate of drug-likeness (QED) is 0.470. The van der Waals surface area contributed by atoms with Crippen molar-refractivity contribution in [2.45, 2.75) is 0 Å². The summed E-state index contributed by atoms with van der Waals surface area (Å²) >= 11 is 2.01. The van der Waals surface area contributed by atoms with Crippen LogP contribution >= 0.6 is 22.6 Å². The standard InChI is InChI=1S/C7H7IO3S.Mg.2H/c1-12(9,10)11-7-5-3-2-4-6(7)8;;;/h2-5H,1H3;;;/q;+2;2*-1. The third-order valence-corrected chi connectivity index (χ3v) is 2.45. The van der Waals surface area contributed by atoms with Gasteiger partial charge in [-0.25, -0.2) is 0 Å². The van der Waals surface area contributed by atoms with Crippen LogP contribution in [-0.2, 0) is 10.1 Å². The molecule has 0 fully saturated rings. The number of hydrogen-bond acceptors (Lipinski definition) is 3. The first-order valence-electron chi connectivity index (χ1n) is 3.13. The van der Waals surface area contributed by atoms with Crippen LogP contribution < -0.4 is 4.18 Å². The molecule has 0 atom stereocenters. The van der Waals surface area contributed by atoms with Gasteiger partial charge in [0.15, 0.2) is 5.75 Å². The van der Waals surface area contributed by atoms with Gasteiger partial charge in [-0.05, 0) is 34.7 Å². The van der Waals surface area contributed by atoms with E-state index in [9.17, 15) is 8.42 Å². The van der Waals surface area contributed by atoms with E-state index >= 15 is 0 Å². The first kappa shape index (κ1) is 13.5. The molecule has 0 aliphatic carbocycles. The second kappa shape index (κ2) is 5.37. The summed E-state index contributed by atoms with van der Waals surface area (Å²) in [5.41, 5.74) is 0. The Morgan fingerprint density at radius 1 is 1.38 bits per heavy atom. The summed E-state index contributed by atoms with van der Waals surface area (Å²) in [6, 6.07) is 6.93. The third kappa shape index (κ3) is 5.04. The SMILES string of the molecule is CS(=O)(=O)Oc1ccccc1I.[H-].[H-].[Mg+2]. The molecule has 0 saturated carbocycles. The van der Waals surface area contributed by atoms with Crippen LogP contribution in [0.25, 0.3) is 0 Å². The van der Waals surface area contributed by atoms with Crippen LogP contribution in [0.5, 0.6) is 5.75 Å².